The van der Waals surface area contributed by atoms with Crippen LogP contribution in [0, 0.1) is 6.92 Å². The quantitative estimate of drug-likeness (QED) is 0.585. The van der Waals surface area contributed by atoms with Gasteiger partial charge in [-0.3, -0.25) is 14.5 Å². The van der Waals surface area contributed by atoms with Crippen LogP contribution < -0.4 is 0 Å². The van der Waals surface area contributed by atoms with Gasteiger partial charge < -0.3 is 4.90 Å². The molecule has 0 spiro atoms. The molecule has 3 heterocycles. The molecule has 0 radical (unpaired) electrons. The van der Waals surface area contributed by atoms with E-state index in [2.05, 4.69) is 36.2 Å². The normalized spacial score (nSPS) is 15.1. The molecule has 0 unspecified atom stereocenters. The number of nitrogens with zero attached hydrogens (tertiary/aromatic N) is 4. The van der Waals surface area contributed by atoms with Crippen LogP contribution in [-0.4, -0.2) is 32.1 Å². The molecule has 29 heavy (non-hydrogen) atoms. The molecule has 6 heteroatoms. The van der Waals surface area contributed by atoms with Crippen LogP contribution >= 0.6 is 11.6 Å². The van der Waals surface area contributed by atoms with Gasteiger partial charge in [-0.15, -0.1) is 0 Å². The number of halogens is 1. The highest BCUT2D eigenvalue weighted by atomic mass is 35.5. The number of hydrogen-bond acceptors (Lipinski definition) is 3. The summed E-state index contributed by atoms with van der Waals surface area (Å²) in [6, 6.07) is 9.91. The molecule has 5 nitrogen and oxygen atoms in total. The summed E-state index contributed by atoms with van der Waals surface area (Å²) < 4.78 is 2.06. The van der Waals surface area contributed by atoms with Gasteiger partial charge in [-0.1, -0.05) is 24.2 Å². The Labute approximate surface area is 175 Å². The molecule has 0 saturated carbocycles. The summed E-state index contributed by atoms with van der Waals surface area (Å²) in [5.41, 5.74) is 5.57. The summed E-state index contributed by atoms with van der Waals surface area (Å²) >= 11 is 6.25. The first-order chi connectivity index (χ1) is 13.8. The molecule has 1 amide bonds. The summed E-state index contributed by atoms with van der Waals surface area (Å²) in [5, 5.41) is 5.76. The van der Waals surface area contributed by atoms with Crippen molar-refractivity contribution in [3.8, 4) is 22.4 Å². The van der Waals surface area contributed by atoms with Crippen LogP contribution in [0.25, 0.3) is 22.4 Å². The first kappa shape index (κ1) is 19.4. The van der Waals surface area contributed by atoms with E-state index in [1.165, 1.54) is 6.08 Å². The lowest BCUT2D eigenvalue weighted by Gasteiger charge is -2.39. The highest BCUT2D eigenvalue weighted by molar-refractivity contribution is 6.31. The summed E-state index contributed by atoms with van der Waals surface area (Å²) in [6.45, 7) is 10.9. The predicted molar refractivity (Wildman–Crippen MR) is 116 cm³/mol. The fraction of sp³-hybridized carbons (Fsp3) is 0.261. The lowest BCUT2D eigenvalue weighted by Crippen LogP contribution is -2.49. The van der Waals surface area contributed by atoms with E-state index in [1.54, 1.807) is 12.4 Å². The molecule has 148 valence electrons. The third kappa shape index (κ3) is 3.36. The molecule has 0 fully saturated rings. The van der Waals surface area contributed by atoms with Gasteiger partial charge >= 0.3 is 0 Å². The Kier molecular flexibility index (Phi) is 4.79. The zero-order valence-electron chi connectivity index (χ0n) is 16.8. The molecule has 1 aliphatic heterocycles. The molecule has 1 aliphatic rings. The average molecular weight is 407 g/mol. The van der Waals surface area contributed by atoms with Crippen molar-refractivity contribution < 1.29 is 4.79 Å². The molecule has 0 bridgehead atoms. The van der Waals surface area contributed by atoms with Crippen molar-refractivity contribution in [2.45, 2.75) is 32.9 Å². The first-order valence-corrected chi connectivity index (χ1v) is 9.90. The van der Waals surface area contributed by atoms with Crippen molar-refractivity contribution in [2.24, 2.45) is 0 Å². The average Bonchev–Trinajstić information content (AvgIpc) is 3.10. The van der Waals surface area contributed by atoms with Gasteiger partial charge in [0.25, 0.3) is 0 Å². The van der Waals surface area contributed by atoms with Crippen LogP contribution in [0.2, 0.25) is 5.02 Å². The van der Waals surface area contributed by atoms with Crippen LogP contribution in [-0.2, 0) is 16.9 Å². The Bertz CT molecular complexity index is 1100. The van der Waals surface area contributed by atoms with E-state index in [4.69, 9.17) is 16.7 Å². The van der Waals surface area contributed by atoms with Gasteiger partial charge in [-0.25, -0.2) is 0 Å². The fourth-order valence-corrected chi connectivity index (χ4v) is 4.09. The number of amides is 1. The third-order valence-corrected chi connectivity index (χ3v) is 5.78. The molecule has 0 N–H and O–H groups in total. The Hall–Kier alpha value is -2.92. The maximum atomic E-state index is 12.4. The van der Waals surface area contributed by atoms with E-state index in [9.17, 15) is 4.79 Å². The standard InChI is InChI=1S/C23H23ClN4O/c1-5-20(29)27-13-19-21(16-8-10-25-11-9-16)22(26-28(19)23(3,4)14-27)17-6-7-18(24)15(2)12-17/h5-12H,1,13-14H2,2-4H3. The number of fused-ring (bicyclic) bond motifs is 1. The lowest BCUT2D eigenvalue weighted by molar-refractivity contribution is -0.129. The number of aryl methyl sites for hydroxylation is 1. The second-order valence-corrected chi connectivity index (χ2v) is 8.40. The molecule has 1 aromatic carbocycles. The van der Waals surface area contributed by atoms with Gasteiger partial charge in [-0.2, -0.15) is 5.10 Å². The molecule has 3 aromatic rings. The van der Waals surface area contributed by atoms with E-state index in [1.807, 2.05) is 36.1 Å². The summed E-state index contributed by atoms with van der Waals surface area (Å²) in [4.78, 5) is 18.4. The second-order valence-electron chi connectivity index (χ2n) is 7.99. The largest absolute Gasteiger partial charge is 0.331 e. The molecule has 0 saturated heterocycles. The predicted octanol–water partition coefficient (Wildman–Crippen LogP) is 4.84. The number of hydrogen-bond donors (Lipinski definition) is 0. The Balaban J connectivity index is 1.98. The third-order valence-electron chi connectivity index (χ3n) is 5.36. The topological polar surface area (TPSA) is 51.0 Å². The molecular formula is C23H23ClN4O. The number of aromatic nitrogens is 3. The second kappa shape index (κ2) is 7.16. The van der Waals surface area contributed by atoms with Crippen molar-refractivity contribution in [3.05, 3.63) is 71.7 Å². The van der Waals surface area contributed by atoms with Crippen molar-refractivity contribution in [1.29, 1.82) is 0 Å². The number of rotatable bonds is 3. The first-order valence-electron chi connectivity index (χ1n) is 9.52. The molecule has 4 rings (SSSR count). The minimum absolute atomic E-state index is 0.0740. The Morgan fingerprint density at radius 1 is 1.21 bits per heavy atom. The number of carbonyl (C=O) groups excluding carboxylic acids is 1. The molecular weight excluding hydrogens is 384 g/mol. The van der Waals surface area contributed by atoms with Gasteiger partial charge in [-0.05, 0) is 62.2 Å². The monoisotopic (exact) mass is 406 g/mol. The van der Waals surface area contributed by atoms with Gasteiger partial charge in [0.1, 0.15) is 5.69 Å². The van der Waals surface area contributed by atoms with Gasteiger partial charge in [0.2, 0.25) is 5.91 Å². The Morgan fingerprint density at radius 2 is 1.93 bits per heavy atom. The van der Waals surface area contributed by atoms with Gasteiger partial charge in [0, 0.05) is 35.1 Å². The van der Waals surface area contributed by atoms with Crippen LogP contribution in [0.5, 0.6) is 0 Å². The summed E-state index contributed by atoms with van der Waals surface area (Å²) in [5.74, 6) is -0.0740. The zero-order chi connectivity index (χ0) is 20.8. The maximum absolute atomic E-state index is 12.4. The van der Waals surface area contributed by atoms with Gasteiger partial charge in [0.05, 0.1) is 17.8 Å². The maximum Gasteiger partial charge on any atom is 0.246 e. The van der Waals surface area contributed by atoms with Crippen molar-refractivity contribution in [1.82, 2.24) is 19.7 Å². The smallest absolute Gasteiger partial charge is 0.246 e. The highest BCUT2D eigenvalue weighted by Crippen LogP contribution is 2.40. The molecule has 2 aromatic heterocycles. The number of pyridine rings is 1. The van der Waals surface area contributed by atoms with Crippen molar-refractivity contribution >= 4 is 17.5 Å². The fourth-order valence-electron chi connectivity index (χ4n) is 3.97. The number of benzene rings is 1. The van der Waals surface area contributed by atoms with Crippen molar-refractivity contribution in [3.63, 3.8) is 0 Å². The van der Waals surface area contributed by atoms with Crippen LogP contribution in [0.3, 0.4) is 0 Å². The minimum Gasteiger partial charge on any atom is -0.331 e. The van der Waals surface area contributed by atoms with Crippen LogP contribution in [0.15, 0.2) is 55.4 Å². The van der Waals surface area contributed by atoms with E-state index < -0.39 is 0 Å². The number of carbonyl (C=O) groups is 1. The summed E-state index contributed by atoms with van der Waals surface area (Å²) in [7, 11) is 0. The van der Waals surface area contributed by atoms with E-state index in [-0.39, 0.29) is 11.4 Å². The zero-order valence-corrected chi connectivity index (χ0v) is 17.6. The van der Waals surface area contributed by atoms with E-state index in [0.29, 0.717) is 13.1 Å². The van der Waals surface area contributed by atoms with Crippen molar-refractivity contribution in [2.75, 3.05) is 6.54 Å². The minimum atomic E-state index is -0.353. The molecule has 0 aliphatic carbocycles. The van der Waals surface area contributed by atoms with Crippen LogP contribution in [0.4, 0.5) is 0 Å². The highest BCUT2D eigenvalue weighted by Gasteiger charge is 2.37. The molecule has 0 atom stereocenters. The Morgan fingerprint density at radius 3 is 2.59 bits per heavy atom. The lowest BCUT2D eigenvalue weighted by atomic mass is 9.95. The SMILES string of the molecule is C=CC(=O)N1Cc2c(-c3ccncc3)c(-c3ccc(Cl)c(C)c3)nn2C(C)(C)C1. The van der Waals surface area contributed by atoms with E-state index >= 15 is 0 Å². The van der Waals surface area contributed by atoms with E-state index in [0.717, 1.165) is 38.7 Å². The van der Waals surface area contributed by atoms with Crippen LogP contribution in [0.1, 0.15) is 25.1 Å². The summed E-state index contributed by atoms with van der Waals surface area (Å²) in [6.07, 6.45) is 4.92. The van der Waals surface area contributed by atoms with Gasteiger partial charge in [0.15, 0.2) is 0 Å².